The topological polar surface area (TPSA) is 75.7 Å². The van der Waals surface area contributed by atoms with Crippen LogP contribution in [0.3, 0.4) is 0 Å². The predicted octanol–water partition coefficient (Wildman–Crippen LogP) is 3.45. The summed E-state index contributed by atoms with van der Waals surface area (Å²) < 4.78 is 31.1. The molecule has 2 aromatic carbocycles. The highest BCUT2D eigenvalue weighted by atomic mass is 35.5. The number of rotatable bonds is 6. The summed E-state index contributed by atoms with van der Waals surface area (Å²) in [5.74, 6) is -0.168. The molecule has 0 aliphatic heterocycles. The second kappa shape index (κ2) is 7.97. The molecule has 0 aliphatic rings. The van der Waals surface area contributed by atoms with Gasteiger partial charge in [0.05, 0.1) is 19.1 Å². The maximum Gasteiger partial charge on any atom is 0.247 e. The molecule has 2 aromatic rings. The van der Waals surface area contributed by atoms with Gasteiger partial charge in [-0.05, 0) is 49.7 Å². The van der Waals surface area contributed by atoms with E-state index >= 15 is 0 Å². The highest BCUT2D eigenvalue weighted by molar-refractivity contribution is 7.92. The van der Waals surface area contributed by atoms with E-state index in [0.717, 1.165) is 16.1 Å². The summed E-state index contributed by atoms with van der Waals surface area (Å²) in [5.41, 5.74) is 1.77. The molecule has 0 radical (unpaired) electrons. The molecule has 1 atom stereocenters. The van der Waals surface area contributed by atoms with Gasteiger partial charge in [-0.25, -0.2) is 8.42 Å². The van der Waals surface area contributed by atoms with E-state index < -0.39 is 22.0 Å². The Morgan fingerprint density at radius 1 is 1.23 bits per heavy atom. The average molecular weight is 397 g/mol. The van der Waals surface area contributed by atoms with Gasteiger partial charge in [0.1, 0.15) is 11.8 Å². The van der Waals surface area contributed by atoms with Gasteiger partial charge < -0.3 is 10.1 Å². The summed E-state index contributed by atoms with van der Waals surface area (Å²) in [6, 6.07) is 10.8. The molecule has 0 aromatic heterocycles. The Labute approximate surface area is 158 Å². The quantitative estimate of drug-likeness (QED) is 0.811. The number of nitrogens with one attached hydrogen (secondary N) is 1. The van der Waals surface area contributed by atoms with Gasteiger partial charge in [-0.1, -0.05) is 23.7 Å². The lowest BCUT2D eigenvalue weighted by Crippen LogP contribution is -2.45. The van der Waals surface area contributed by atoms with Crippen LogP contribution in [0.5, 0.6) is 5.75 Å². The first-order chi connectivity index (χ1) is 12.1. The van der Waals surface area contributed by atoms with Crippen molar-refractivity contribution >= 4 is 38.9 Å². The maximum atomic E-state index is 12.7. The van der Waals surface area contributed by atoms with E-state index in [0.29, 0.717) is 16.5 Å². The SMILES string of the molecule is COc1ccc(Cl)cc1N(C(C)C(=O)Nc1cccc(C)c1)S(C)(=O)=O. The molecule has 2 rings (SSSR count). The molecule has 6 nitrogen and oxygen atoms in total. The molecular weight excluding hydrogens is 376 g/mol. The minimum atomic E-state index is -3.78. The largest absolute Gasteiger partial charge is 0.495 e. The first-order valence-electron chi connectivity index (χ1n) is 7.84. The number of anilines is 2. The van der Waals surface area contributed by atoms with Crippen LogP contribution in [0.1, 0.15) is 12.5 Å². The van der Waals surface area contributed by atoms with Crippen LogP contribution in [0.15, 0.2) is 42.5 Å². The van der Waals surface area contributed by atoms with Crippen molar-refractivity contribution in [2.75, 3.05) is 23.0 Å². The number of halogens is 1. The number of sulfonamides is 1. The Balaban J connectivity index is 2.41. The second-order valence-corrected chi connectivity index (χ2v) is 8.21. The average Bonchev–Trinajstić information content (AvgIpc) is 2.54. The van der Waals surface area contributed by atoms with Gasteiger partial charge in [0.2, 0.25) is 15.9 Å². The number of benzene rings is 2. The van der Waals surface area contributed by atoms with Crippen LogP contribution in [0, 0.1) is 6.92 Å². The number of ether oxygens (including phenoxy) is 1. The van der Waals surface area contributed by atoms with E-state index in [1.807, 2.05) is 19.1 Å². The molecule has 0 spiro atoms. The number of methoxy groups -OCH3 is 1. The molecule has 0 saturated heterocycles. The van der Waals surface area contributed by atoms with Gasteiger partial charge in [0.15, 0.2) is 0 Å². The number of amides is 1. The summed E-state index contributed by atoms with van der Waals surface area (Å²) in [6.45, 7) is 3.41. The van der Waals surface area contributed by atoms with Crippen molar-refractivity contribution in [3.63, 3.8) is 0 Å². The molecule has 1 N–H and O–H groups in total. The normalized spacial score (nSPS) is 12.3. The van der Waals surface area contributed by atoms with E-state index in [4.69, 9.17) is 16.3 Å². The molecule has 0 bridgehead atoms. The van der Waals surface area contributed by atoms with Crippen LogP contribution in [0.2, 0.25) is 5.02 Å². The fourth-order valence-corrected chi connectivity index (χ4v) is 3.92. The standard InChI is InChI=1S/C18H21ClN2O4S/c1-12-6-5-7-15(10-12)20-18(22)13(2)21(26(4,23)24)16-11-14(19)8-9-17(16)25-3/h5-11,13H,1-4H3,(H,20,22). The number of carbonyl (C=O) groups excluding carboxylic acids is 1. The maximum absolute atomic E-state index is 12.7. The lowest BCUT2D eigenvalue weighted by molar-refractivity contribution is -0.116. The van der Waals surface area contributed by atoms with Gasteiger partial charge in [0.25, 0.3) is 0 Å². The van der Waals surface area contributed by atoms with Crippen molar-refractivity contribution in [3.8, 4) is 5.75 Å². The van der Waals surface area contributed by atoms with Crippen molar-refractivity contribution in [3.05, 3.63) is 53.1 Å². The number of hydrogen-bond acceptors (Lipinski definition) is 4. The Hall–Kier alpha value is -2.25. The first-order valence-corrected chi connectivity index (χ1v) is 10.1. The fraction of sp³-hybridized carbons (Fsp3) is 0.278. The molecular formula is C18H21ClN2O4S. The Morgan fingerprint density at radius 2 is 1.92 bits per heavy atom. The highest BCUT2D eigenvalue weighted by Crippen LogP contribution is 2.34. The summed E-state index contributed by atoms with van der Waals surface area (Å²) in [7, 11) is -2.36. The van der Waals surface area contributed by atoms with E-state index in [2.05, 4.69) is 5.32 Å². The lowest BCUT2D eigenvalue weighted by Gasteiger charge is -2.29. The molecule has 0 heterocycles. The van der Waals surface area contributed by atoms with Crippen LogP contribution in [0.25, 0.3) is 0 Å². The lowest BCUT2D eigenvalue weighted by atomic mass is 10.2. The third-order valence-electron chi connectivity index (χ3n) is 3.75. The summed E-state index contributed by atoms with van der Waals surface area (Å²) in [4.78, 5) is 12.7. The summed E-state index contributed by atoms with van der Waals surface area (Å²) in [6.07, 6.45) is 1.03. The number of aryl methyl sites for hydroxylation is 1. The summed E-state index contributed by atoms with van der Waals surface area (Å²) in [5, 5.41) is 3.07. The summed E-state index contributed by atoms with van der Waals surface area (Å²) >= 11 is 6.02. The van der Waals surface area contributed by atoms with Gasteiger partial charge >= 0.3 is 0 Å². The van der Waals surface area contributed by atoms with Gasteiger partial charge in [-0.3, -0.25) is 9.10 Å². The van der Waals surface area contributed by atoms with E-state index in [1.165, 1.54) is 20.1 Å². The van der Waals surface area contributed by atoms with Crippen molar-refractivity contribution in [1.82, 2.24) is 0 Å². The van der Waals surface area contributed by atoms with E-state index in [-0.39, 0.29) is 5.69 Å². The Bertz CT molecular complexity index is 915. The molecule has 26 heavy (non-hydrogen) atoms. The van der Waals surface area contributed by atoms with Crippen molar-refractivity contribution < 1.29 is 17.9 Å². The smallest absolute Gasteiger partial charge is 0.247 e. The second-order valence-electron chi connectivity index (χ2n) is 5.91. The number of nitrogens with zero attached hydrogens (tertiary/aromatic N) is 1. The fourth-order valence-electron chi connectivity index (χ4n) is 2.59. The van der Waals surface area contributed by atoms with E-state index in [1.54, 1.807) is 24.3 Å². The third kappa shape index (κ3) is 4.68. The predicted molar refractivity (Wildman–Crippen MR) is 105 cm³/mol. The highest BCUT2D eigenvalue weighted by Gasteiger charge is 2.31. The molecule has 1 amide bonds. The van der Waals surface area contributed by atoms with Crippen LogP contribution >= 0.6 is 11.6 Å². The Morgan fingerprint density at radius 3 is 2.50 bits per heavy atom. The Kier molecular flexibility index (Phi) is 6.15. The molecule has 0 saturated carbocycles. The van der Waals surface area contributed by atoms with Crippen LogP contribution in [-0.2, 0) is 14.8 Å². The molecule has 140 valence electrons. The van der Waals surface area contributed by atoms with Crippen LogP contribution in [-0.4, -0.2) is 33.7 Å². The molecule has 8 heteroatoms. The van der Waals surface area contributed by atoms with Crippen molar-refractivity contribution in [2.45, 2.75) is 19.9 Å². The third-order valence-corrected chi connectivity index (χ3v) is 5.22. The van der Waals surface area contributed by atoms with Gasteiger partial charge in [-0.2, -0.15) is 0 Å². The zero-order chi connectivity index (χ0) is 19.5. The zero-order valence-corrected chi connectivity index (χ0v) is 16.6. The minimum Gasteiger partial charge on any atom is -0.495 e. The number of hydrogen-bond donors (Lipinski definition) is 1. The first kappa shape index (κ1) is 20.1. The number of carbonyl (C=O) groups is 1. The van der Waals surface area contributed by atoms with Gasteiger partial charge in [-0.15, -0.1) is 0 Å². The molecule has 0 aliphatic carbocycles. The van der Waals surface area contributed by atoms with Gasteiger partial charge in [0, 0.05) is 10.7 Å². The minimum absolute atomic E-state index is 0.203. The zero-order valence-electron chi connectivity index (χ0n) is 15.0. The van der Waals surface area contributed by atoms with Crippen molar-refractivity contribution in [2.24, 2.45) is 0 Å². The van der Waals surface area contributed by atoms with Crippen LogP contribution < -0.4 is 14.4 Å². The van der Waals surface area contributed by atoms with Crippen LogP contribution in [0.4, 0.5) is 11.4 Å². The monoisotopic (exact) mass is 396 g/mol. The van der Waals surface area contributed by atoms with E-state index in [9.17, 15) is 13.2 Å². The molecule has 0 fully saturated rings. The molecule has 1 unspecified atom stereocenters. The van der Waals surface area contributed by atoms with Crippen molar-refractivity contribution in [1.29, 1.82) is 0 Å².